The summed E-state index contributed by atoms with van der Waals surface area (Å²) in [6.07, 6.45) is 0. The number of ether oxygens (including phenoxy) is 1. The third-order valence-corrected chi connectivity index (χ3v) is 2.65. The van der Waals surface area contributed by atoms with Gasteiger partial charge in [0, 0.05) is 18.2 Å². The number of hydrogen-bond acceptors (Lipinski definition) is 2. The molecule has 0 aliphatic rings. The third kappa shape index (κ3) is 2.49. The highest BCUT2D eigenvalue weighted by atomic mass is 19.1. The van der Waals surface area contributed by atoms with Crippen LogP contribution in [0.5, 0.6) is 11.5 Å². The summed E-state index contributed by atoms with van der Waals surface area (Å²) < 4.78 is 32.2. The van der Waals surface area contributed by atoms with Crippen molar-refractivity contribution in [2.75, 3.05) is 0 Å². The topological polar surface area (TPSA) is 35.2 Å². The standard InChI is InChI=1S/C14H13F2NO/c1-9-5-6-10(15)7-14(9)18-13-4-2-3-12(16)11(13)8-17/h2-7H,8,17H2,1H3. The van der Waals surface area contributed by atoms with Crippen LogP contribution in [0.2, 0.25) is 0 Å². The molecular weight excluding hydrogens is 236 g/mol. The molecule has 94 valence electrons. The van der Waals surface area contributed by atoms with E-state index < -0.39 is 11.6 Å². The molecule has 0 fully saturated rings. The number of nitrogens with two attached hydrogens (primary N) is 1. The van der Waals surface area contributed by atoms with Crippen LogP contribution in [0, 0.1) is 18.6 Å². The average molecular weight is 249 g/mol. The lowest BCUT2D eigenvalue weighted by atomic mass is 10.1. The van der Waals surface area contributed by atoms with Gasteiger partial charge in [0.1, 0.15) is 23.1 Å². The highest BCUT2D eigenvalue weighted by molar-refractivity contribution is 5.41. The molecule has 0 aromatic heterocycles. The van der Waals surface area contributed by atoms with E-state index in [-0.39, 0.29) is 12.1 Å². The molecule has 0 aliphatic heterocycles. The van der Waals surface area contributed by atoms with Gasteiger partial charge in [0.15, 0.2) is 0 Å². The summed E-state index contributed by atoms with van der Waals surface area (Å²) in [5.41, 5.74) is 6.53. The van der Waals surface area contributed by atoms with Crippen molar-refractivity contribution in [2.24, 2.45) is 5.73 Å². The van der Waals surface area contributed by atoms with E-state index in [1.54, 1.807) is 19.1 Å². The largest absolute Gasteiger partial charge is 0.457 e. The average Bonchev–Trinajstić information content (AvgIpc) is 2.34. The molecule has 2 aromatic carbocycles. The summed E-state index contributed by atoms with van der Waals surface area (Å²) in [6.45, 7) is 1.81. The van der Waals surface area contributed by atoms with E-state index in [4.69, 9.17) is 10.5 Å². The Morgan fingerprint density at radius 1 is 1.11 bits per heavy atom. The number of hydrogen-bond donors (Lipinski definition) is 1. The minimum atomic E-state index is -0.427. The van der Waals surface area contributed by atoms with Crippen LogP contribution < -0.4 is 10.5 Å². The second-order valence-corrected chi connectivity index (χ2v) is 3.93. The van der Waals surface area contributed by atoms with Crippen LogP contribution in [-0.4, -0.2) is 0 Å². The Balaban J connectivity index is 2.40. The Morgan fingerprint density at radius 3 is 2.61 bits per heavy atom. The van der Waals surface area contributed by atoms with Gasteiger partial charge in [-0.25, -0.2) is 8.78 Å². The number of halogens is 2. The van der Waals surface area contributed by atoms with E-state index in [9.17, 15) is 8.78 Å². The van der Waals surface area contributed by atoms with Crippen LogP contribution in [0.15, 0.2) is 36.4 Å². The van der Waals surface area contributed by atoms with E-state index in [1.807, 2.05) is 0 Å². The highest BCUT2D eigenvalue weighted by Crippen LogP contribution is 2.29. The molecule has 0 amide bonds. The first kappa shape index (κ1) is 12.5. The van der Waals surface area contributed by atoms with Crippen LogP contribution in [-0.2, 0) is 6.54 Å². The van der Waals surface area contributed by atoms with Crippen LogP contribution in [0.3, 0.4) is 0 Å². The maximum absolute atomic E-state index is 13.5. The van der Waals surface area contributed by atoms with Crippen LogP contribution in [0.25, 0.3) is 0 Å². The zero-order valence-corrected chi connectivity index (χ0v) is 9.91. The molecule has 0 heterocycles. The maximum Gasteiger partial charge on any atom is 0.134 e. The number of benzene rings is 2. The van der Waals surface area contributed by atoms with E-state index in [0.717, 1.165) is 5.56 Å². The highest BCUT2D eigenvalue weighted by Gasteiger charge is 2.10. The fourth-order valence-electron chi connectivity index (χ4n) is 1.63. The van der Waals surface area contributed by atoms with E-state index in [0.29, 0.717) is 11.5 Å². The molecule has 0 spiro atoms. The Labute approximate surface area is 104 Å². The SMILES string of the molecule is Cc1ccc(F)cc1Oc1cccc(F)c1CN. The molecule has 0 atom stereocenters. The fraction of sp³-hybridized carbons (Fsp3) is 0.143. The zero-order valence-electron chi connectivity index (χ0n) is 9.91. The van der Waals surface area contributed by atoms with Crippen molar-refractivity contribution in [3.8, 4) is 11.5 Å². The second-order valence-electron chi connectivity index (χ2n) is 3.93. The lowest BCUT2D eigenvalue weighted by molar-refractivity contribution is 0.459. The summed E-state index contributed by atoms with van der Waals surface area (Å²) in [5.74, 6) is -0.160. The lowest BCUT2D eigenvalue weighted by Gasteiger charge is -2.12. The van der Waals surface area contributed by atoms with Crippen molar-refractivity contribution in [1.82, 2.24) is 0 Å². The molecular formula is C14H13F2NO. The monoisotopic (exact) mass is 249 g/mol. The van der Waals surface area contributed by atoms with E-state index >= 15 is 0 Å². The van der Waals surface area contributed by atoms with E-state index in [2.05, 4.69) is 0 Å². The Morgan fingerprint density at radius 2 is 1.89 bits per heavy atom. The Bertz CT molecular complexity index is 570. The summed E-state index contributed by atoms with van der Waals surface area (Å²) in [4.78, 5) is 0. The molecule has 0 aliphatic carbocycles. The predicted octanol–water partition coefficient (Wildman–Crippen LogP) is 3.52. The second kappa shape index (κ2) is 5.14. The molecule has 2 nitrogen and oxygen atoms in total. The molecule has 0 saturated carbocycles. The van der Waals surface area contributed by atoms with Crippen molar-refractivity contribution >= 4 is 0 Å². The van der Waals surface area contributed by atoms with Gasteiger partial charge in [-0.1, -0.05) is 12.1 Å². The molecule has 2 rings (SSSR count). The zero-order chi connectivity index (χ0) is 13.1. The number of aryl methyl sites for hydroxylation is 1. The van der Waals surface area contributed by atoms with Gasteiger partial charge in [-0.05, 0) is 30.7 Å². The normalized spacial score (nSPS) is 10.4. The van der Waals surface area contributed by atoms with Crippen molar-refractivity contribution in [2.45, 2.75) is 13.5 Å². The molecule has 2 N–H and O–H groups in total. The Kier molecular flexibility index (Phi) is 3.58. The molecule has 0 unspecified atom stereocenters. The first-order valence-electron chi connectivity index (χ1n) is 5.53. The summed E-state index contributed by atoms with van der Waals surface area (Å²) in [7, 11) is 0. The smallest absolute Gasteiger partial charge is 0.134 e. The summed E-state index contributed by atoms with van der Waals surface area (Å²) in [6, 6.07) is 8.66. The van der Waals surface area contributed by atoms with Gasteiger partial charge in [0.2, 0.25) is 0 Å². The van der Waals surface area contributed by atoms with E-state index in [1.165, 1.54) is 24.3 Å². The van der Waals surface area contributed by atoms with Gasteiger partial charge in [-0.2, -0.15) is 0 Å². The van der Waals surface area contributed by atoms with Gasteiger partial charge in [-0.3, -0.25) is 0 Å². The molecule has 4 heteroatoms. The first-order valence-corrected chi connectivity index (χ1v) is 5.53. The van der Waals surface area contributed by atoms with Crippen molar-refractivity contribution < 1.29 is 13.5 Å². The number of rotatable bonds is 3. The molecule has 18 heavy (non-hydrogen) atoms. The van der Waals surface area contributed by atoms with Gasteiger partial charge in [0.25, 0.3) is 0 Å². The lowest BCUT2D eigenvalue weighted by Crippen LogP contribution is -2.03. The van der Waals surface area contributed by atoms with Crippen LogP contribution in [0.1, 0.15) is 11.1 Å². The van der Waals surface area contributed by atoms with Crippen molar-refractivity contribution in [3.63, 3.8) is 0 Å². The Hall–Kier alpha value is -1.94. The van der Waals surface area contributed by atoms with Crippen LogP contribution >= 0.6 is 0 Å². The molecule has 0 radical (unpaired) electrons. The predicted molar refractivity (Wildman–Crippen MR) is 65.5 cm³/mol. The minimum absolute atomic E-state index is 0.0242. The fourth-order valence-corrected chi connectivity index (χ4v) is 1.63. The van der Waals surface area contributed by atoms with Gasteiger partial charge >= 0.3 is 0 Å². The van der Waals surface area contributed by atoms with Gasteiger partial charge < -0.3 is 10.5 Å². The van der Waals surface area contributed by atoms with Crippen molar-refractivity contribution in [3.05, 3.63) is 59.2 Å². The molecule has 0 bridgehead atoms. The third-order valence-electron chi connectivity index (χ3n) is 2.65. The summed E-state index contributed by atoms with van der Waals surface area (Å²) >= 11 is 0. The summed E-state index contributed by atoms with van der Waals surface area (Å²) in [5, 5.41) is 0. The maximum atomic E-state index is 13.5. The molecule has 2 aromatic rings. The molecule has 0 saturated heterocycles. The first-order chi connectivity index (χ1) is 8.61. The van der Waals surface area contributed by atoms with Crippen molar-refractivity contribution in [1.29, 1.82) is 0 Å². The van der Waals surface area contributed by atoms with Gasteiger partial charge in [0.05, 0.1) is 0 Å². The quantitative estimate of drug-likeness (QED) is 0.903. The van der Waals surface area contributed by atoms with Gasteiger partial charge in [-0.15, -0.1) is 0 Å². The van der Waals surface area contributed by atoms with Crippen LogP contribution in [0.4, 0.5) is 8.78 Å². The minimum Gasteiger partial charge on any atom is -0.457 e.